The molecule has 0 bridgehead atoms. The third kappa shape index (κ3) is 5.33. The van der Waals surface area contributed by atoms with Gasteiger partial charge in [0.2, 0.25) is 11.7 Å². The summed E-state index contributed by atoms with van der Waals surface area (Å²) in [5.74, 6) is 1.31. The van der Waals surface area contributed by atoms with Crippen molar-refractivity contribution in [2.45, 2.75) is 47.0 Å². The number of rotatable bonds is 9. The monoisotopic (exact) mass is 440 g/mol. The van der Waals surface area contributed by atoms with Gasteiger partial charge >= 0.3 is 0 Å². The first-order chi connectivity index (χ1) is 15.5. The molecule has 1 aliphatic heterocycles. The van der Waals surface area contributed by atoms with Crippen molar-refractivity contribution in [3.8, 4) is 17.2 Å². The molecule has 0 aliphatic carbocycles. The molecule has 2 aromatic rings. The van der Waals surface area contributed by atoms with Crippen molar-refractivity contribution in [2.75, 3.05) is 36.6 Å². The van der Waals surface area contributed by atoms with E-state index in [1.54, 1.807) is 12.1 Å². The van der Waals surface area contributed by atoms with E-state index >= 15 is 0 Å². The Morgan fingerprint density at radius 2 is 1.62 bits per heavy atom. The summed E-state index contributed by atoms with van der Waals surface area (Å²) in [6.45, 7) is 9.65. The first kappa shape index (κ1) is 23.4. The van der Waals surface area contributed by atoms with E-state index in [-0.39, 0.29) is 11.8 Å². The first-order valence-corrected chi connectivity index (χ1v) is 11.3. The van der Waals surface area contributed by atoms with E-state index in [0.717, 1.165) is 30.6 Å². The minimum absolute atomic E-state index is 0.150. The van der Waals surface area contributed by atoms with Gasteiger partial charge in [0.05, 0.1) is 19.8 Å². The van der Waals surface area contributed by atoms with E-state index in [0.29, 0.717) is 54.7 Å². The van der Waals surface area contributed by atoms with Crippen LogP contribution in [0.25, 0.3) is 0 Å². The summed E-state index contributed by atoms with van der Waals surface area (Å²) in [6.07, 6.45) is 2.53. The van der Waals surface area contributed by atoms with E-state index in [1.165, 1.54) is 0 Å². The van der Waals surface area contributed by atoms with E-state index in [4.69, 9.17) is 14.2 Å². The minimum atomic E-state index is -0.281. The second-order valence-electron chi connectivity index (χ2n) is 7.56. The molecule has 0 radical (unpaired) electrons. The van der Waals surface area contributed by atoms with Gasteiger partial charge in [-0.2, -0.15) is 0 Å². The number of hydrogen-bond donors (Lipinski definition) is 1. The van der Waals surface area contributed by atoms with Crippen LogP contribution in [0.5, 0.6) is 17.2 Å². The fraction of sp³-hybridized carbons (Fsp3) is 0.440. The zero-order chi connectivity index (χ0) is 23.1. The van der Waals surface area contributed by atoms with Crippen LogP contribution in [-0.2, 0) is 4.79 Å². The van der Waals surface area contributed by atoms with E-state index in [2.05, 4.69) is 5.32 Å². The molecule has 0 atom stereocenters. The smallest absolute Gasteiger partial charge is 0.255 e. The molecule has 0 spiro atoms. The molecule has 1 saturated heterocycles. The van der Waals surface area contributed by atoms with Crippen LogP contribution >= 0.6 is 0 Å². The summed E-state index contributed by atoms with van der Waals surface area (Å²) < 4.78 is 17.1. The summed E-state index contributed by atoms with van der Waals surface area (Å²) >= 11 is 0. The van der Waals surface area contributed by atoms with Gasteiger partial charge in [-0.05, 0) is 76.4 Å². The lowest BCUT2D eigenvalue weighted by molar-refractivity contribution is -0.119. The standard InChI is InChI=1S/C25H32N2O5/c1-5-30-21-15-18(16-22(31-6-2)24(21)32-7-3)25(29)26-19-11-12-20(17(4)14-19)27-13-9-8-10-23(27)28/h11-12,14-16H,5-10,13H2,1-4H3,(H,26,29). The number of ether oxygens (including phenoxy) is 3. The second kappa shape index (κ2) is 10.9. The summed E-state index contributed by atoms with van der Waals surface area (Å²) in [5.41, 5.74) is 2.90. The van der Waals surface area contributed by atoms with Crippen LogP contribution in [-0.4, -0.2) is 38.2 Å². The highest BCUT2D eigenvalue weighted by Gasteiger charge is 2.22. The largest absolute Gasteiger partial charge is 0.490 e. The molecule has 1 fully saturated rings. The first-order valence-electron chi connectivity index (χ1n) is 11.3. The van der Waals surface area contributed by atoms with Gasteiger partial charge < -0.3 is 24.4 Å². The number of aryl methyl sites for hydroxylation is 1. The molecular weight excluding hydrogens is 408 g/mol. The van der Waals surface area contributed by atoms with Crippen molar-refractivity contribution < 1.29 is 23.8 Å². The van der Waals surface area contributed by atoms with Gasteiger partial charge in [-0.3, -0.25) is 9.59 Å². The summed E-state index contributed by atoms with van der Waals surface area (Å²) in [7, 11) is 0. The van der Waals surface area contributed by atoms with Crippen molar-refractivity contribution in [3.63, 3.8) is 0 Å². The Morgan fingerprint density at radius 1 is 0.969 bits per heavy atom. The van der Waals surface area contributed by atoms with Crippen molar-refractivity contribution >= 4 is 23.2 Å². The molecule has 7 heteroatoms. The van der Waals surface area contributed by atoms with Crippen molar-refractivity contribution in [1.29, 1.82) is 0 Å². The fourth-order valence-corrected chi connectivity index (χ4v) is 3.82. The Balaban J connectivity index is 1.84. The fourth-order valence-electron chi connectivity index (χ4n) is 3.82. The van der Waals surface area contributed by atoms with Crippen LogP contribution in [0.1, 0.15) is 56.0 Å². The Kier molecular flexibility index (Phi) is 7.98. The number of benzene rings is 2. The van der Waals surface area contributed by atoms with Gasteiger partial charge in [-0.25, -0.2) is 0 Å². The molecule has 7 nitrogen and oxygen atoms in total. The molecule has 1 aliphatic rings. The number of anilines is 2. The molecule has 2 aromatic carbocycles. The Labute approximate surface area is 189 Å². The van der Waals surface area contributed by atoms with E-state index < -0.39 is 0 Å². The van der Waals surface area contributed by atoms with Crippen LogP contribution < -0.4 is 24.4 Å². The van der Waals surface area contributed by atoms with Crippen molar-refractivity contribution in [1.82, 2.24) is 0 Å². The molecule has 1 heterocycles. The maximum Gasteiger partial charge on any atom is 0.255 e. The van der Waals surface area contributed by atoms with E-state index in [9.17, 15) is 9.59 Å². The third-order valence-corrected chi connectivity index (χ3v) is 5.24. The van der Waals surface area contributed by atoms with Gasteiger partial charge in [0.25, 0.3) is 5.91 Å². The topological polar surface area (TPSA) is 77.1 Å². The zero-order valence-corrected chi connectivity index (χ0v) is 19.3. The third-order valence-electron chi connectivity index (χ3n) is 5.24. The quantitative estimate of drug-likeness (QED) is 0.596. The van der Waals surface area contributed by atoms with Crippen LogP contribution in [0.2, 0.25) is 0 Å². The minimum Gasteiger partial charge on any atom is -0.490 e. The number of carbonyl (C=O) groups is 2. The Hall–Kier alpha value is -3.22. The summed E-state index contributed by atoms with van der Waals surface area (Å²) in [5, 5.41) is 2.94. The summed E-state index contributed by atoms with van der Waals surface area (Å²) in [6, 6.07) is 8.93. The molecular formula is C25H32N2O5. The molecule has 0 unspecified atom stereocenters. The number of nitrogens with zero attached hydrogens (tertiary/aromatic N) is 1. The highest BCUT2D eigenvalue weighted by Crippen LogP contribution is 2.39. The number of hydrogen-bond acceptors (Lipinski definition) is 5. The average Bonchev–Trinajstić information content (AvgIpc) is 2.77. The SMILES string of the molecule is CCOc1cc(C(=O)Nc2ccc(N3CCCCC3=O)c(C)c2)cc(OCC)c1OCC. The van der Waals surface area contributed by atoms with Gasteiger partial charge in [0, 0.05) is 29.9 Å². The van der Waals surface area contributed by atoms with Gasteiger partial charge in [0.15, 0.2) is 11.5 Å². The van der Waals surface area contributed by atoms with Gasteiger partial charge in [-0.1, -0.05) is 0 Å². The maximum absolute atomic E-state index is 13.0. The van der Waals surface area contributed by atoms with Crippen LogP contribution in [0.15, 0.2) is 30.3 Å². The van der Waals surface area contributed by atoms with Crippen LogP contribution in [0.3, 0.4) is 0 Å². The lowest BCUT2D eigenvalue weighted by atomic mass is 10.1. The number of carbonyl (C=O) groups excluding carboxylic acids is 2. The predicted octanol–water partition coefficient (Wildman–Crippen LogP) is 4.96. The average molecular weight is 441 g/mol. The molecule has 0 saturated carbocycles. The van der Waals surface area contributed by atoms with Crippen LogP contribution in [0, 0.1) is 6.92 Å². The lowest BCUT2D eigenvalue weighted by Gasteiger charge is -2.28. The maximum atomic E-state index is 13.0. The molecule has 32 heavy (non-hydrogen) atoms. The molecule has 2 amide bonds. The number of amides is 2. The van der Waals surface area contributed by atoms with Crippen molar-refractivity contribution in [2.24, 2.45) is 0 Å². The molecule has 3 rings (SSSR count). The van der Waals surface area contributed by atoms with Crippen molar-refractivity contribution in [3.05, 3.63) is 41.5 Å². The molecule has 172 valence electrons. The van der Waals surface area contributed by atoms with Crippen LogP contribution in [0.4, 0.5) is 11.4 Å². The Bertz CT molecular complexity index is 946. The number of piperidine rings is 1. The normalized spacial score (nSPS) is 13.6. The molecule has 1 N–H and O–H groups in total. The predicted molar refractivity (Wildman–Crippen MR) is 125 cm³/mol. The molecule has 0 aromatic heterocycles. The summed E-state index contributed by atoms with van der Waals surface area (Å²) in [4.78, 5) is 27.1. The van der Waals surface area contributed by atoms with E-state index in [1.807, 2.05) is 50.8 Å². The zero-order valence-electron chi connectivity index (χ0n) is 19.3. The highest BCUT2D eigenvalue weighted by molar-refractivity contribution is 6.05. The number of nitrogens with one attached hydrogen (secondary N) is 1. The second-order valence-corrected chi connectivity index (χ2v) is 7.56. The lowest BCUT2D eigenvalue weighted by Crippen LogP contribution is -2.35. The van der Waals surface area contributed by atoms with Gasteiger partial charge in [-0.15, -0.1) is 0 Å². The highest BCUT2D eigenvalue weighted by atomic mass is 16.5. The van der Waals surface area contributed by atoms with Gasteiger partial charge in [0.1, 0.15) is 0 Å². The Morgan fingerprint density at radius 3 is 2.19 bits per heavy atom.